The van der Waals surface area contributed by atoms with Crippen molar-refractivity contribution in [1.29, 1.82) is 0 Å². The Kier molecular flexibility index (Phi) is 7.21. The lowest BCUT2D eigenvalue weighted by Crippen LogP contribution is -2.26. The Morgan fingerprint density at radius 1 is 1.12 bits per heavy atom. The van der Waals surface area contributed by atoms with Crippen LogP contribution >= 0.6 is 11.6 Å². The number of carboxylic acids is 1. The molecular formula is C22H19ClF2N2O5S. The van der Waals surface area contributed by atoms with E-state index < -0.39 is 34.2 Å². The average molecular weight is 497 g/mol. The summed E-state index contributed by atoms with van der Waals surface area (Å²) >= 11 is 5.71. The second-order valence-corrected chi connectivity index (χ2v) is 9.58. The van der Waals surface area contributed by atoms with Gasteiger partial charge in [-0.1, -0.05) is 17.7 Å². The largest absolute Gasteiger partial charge is 0.481 e. The lowest BCUT2D eigenvalue weighted by Gasteiger charge is -2.19. The monoisotopic (exact) mass is 496 g/mol. The Morgan fingerprint density at radius 2 is 1.85 bits per heavy atom. The van der Waals surface area contributed by atoms with Gasteiger partial charge in [-0.05, 0) is 59.7 Å². The lowest BCUT2D eigenvalue weighted by molar-refractivity contribution is -0.139. The van der Waals surface area contributed by atoms with E-state index in [2.05, 4.69) is 0 Å². The van der Waals surface area contributed by atoms with Gasteiger partial charge in [-0.2, -0.15) is 4.31 Å². The number of aliphatic carboxylic acids is 1. The number of ether oxygens (including phenoxy) is 1. The molecule has 33 heavy (non-hydrogen) atoms. The zero-order chi connectivity index (χ0) is 24.3. The zero-order valence-corrected chi connectivity index (χ0v) is 18.8. The van der Waals surface area contributed by atoms with E-state index in [0.29, 0.717) is 16.7 Å². The highest BCUT2D eigenvalue weighted by atomic mass is 35.5. The molecule has 0 atom stereocenters. The summed E-state index contributed by atoms with van der Waals surface area (Å²) in [7, 11) is -2.67. The molecule has 0 saturated carbocycles. The molecule has 174 valence electrons. The van der Waals surface area contributed by atoms with Gasteiger partial charge in [0.2, 0.25) is 10.0 Å². The molecule has 7 nitrogen and oxygen atoms in total. The SMILES string of the molecule is CN(Cc1ccc(OCC(=O)O)c(-c2cc(N)cc(F)c2)c1)S(=O)(=O)c1ccc(F)c(Cl)c1. The number of rotatable bonds is 8. The minimum Gasteiger partial charge on any atom is -0.481 e. The van der Waals surface area contributed by atoms with Crippen LogP contribution in [0.5, 0.6) is 5.75 Å². The second kappa shape index (κ2) is 9.74. The molecule has 0 unspecified atom stereocenters. The molecule has 0 fully saturated rings. The van der Waals surface area contributed by atoms with Crippen LogP contribution in [0, 0.1) is 11.6 Å². The van der Waals surface area contributed by atoms with Gasteiger partial charge < -0.3 is 15.6 Å². The first-order valence-corrected chi connectivity index (χ1v) is 11.2. The maximum absolute atomic E-state index is 13.9. The summed E-state index contributed by atoms with van der Waals surface area (Å²) in [5.74, 6) is -2.39. The van der Waals surface area contributed by atoms with Gasteiger partial charge >= 0.3 is 5.97 Å². The Labute approximate surface area is 194 Å². The minimum absolute atomic E-state index is 0.103. The number of nitrogen functional groups attached to an aromatic ring is 1. The van der Waals surface area contributed by atoms with E-state index in [9.17, 15) is 22.0 Å². The topological polar surface area (TPSA) is 110 Å². The van der Waals surface area contributed by atoms with Crippen LogP contribution in [-0.4, -0.2) is 37.5 Å². The normalized spacial score (nSPS) is 11.5. The summed E-state index contributed by atoms with van der Waals surface area (Å²) in [6.45, 7) is -0.731. The highest BCUT2D eigenvalue weighted by molar-refractivity contribution is 7.89. The number of hydrogen-bond acceptors (Lipinski definition) is 5. The Balaban J connectivity index is 1.97. The van der Waals surface area contributed by atoms with Crippen molar-refractivity contribution in [2.45, 2.75) is 11.4 Å². The summed E-state index contributed by atoms with van der Waals surface area (Å²) in [5, 5.41) is 8.60. The van der Waals surface area contributed by atoms with Gasteiger partial charge in [0.05, 0.1) is 9.92 Å². The number of benzene rings is 3. The second-order valence-electron chi connectivity index (χ2n) is 7.12. The van der Waals surface area contributed by atoms with Crippen molar-refractivity contribution in [3.63, 3.8) is 0 Å². The van der Waals surface area contributed by atoms with Crippen molar-refractivity contribution >= 4 is 33.3 Å². The van der Waals surface area contributed by atoms with Crippen LogP contribution in [0.25, 0.3) is 11.1 Å². The van der Waals surface area contributed by atoms with E-state index >= 15 is 0 Å². The van der Waals surface area contributed by atoms with Crippen LogP contribution in [0.2, 0.25) is 5.02 Å². The third kappa shape index (κ3) is 5.78. The fraction of sp³-hybridized carbons (Fsp3) is 0.136. The van der Waals surface area contributed by atoms with Gasteiger partial charge in [-0.3, -0.25) is 0 Å². The predicted molar refractivity (Wildman–Crippen MR) is 119 cm³/mol. The van der Waals surface area contributed by atoms with Crippen molar-refractivity contribution in [3.05, 3.63) is 76.8 Å². The Bertz CT molecular complexity index is 1300. The Hall–Kier alpha value is -3.21. The van der Waals surface area contributed by atoms with Gasteiger partial charge in [0.15, 0.2) is 6.61 Å². The quantitative estimate of drug-likeness (QED) is 0.453. The molecule has 3 rings (SSSR count). The van der Waals surface area contributed by atoms with Crippen LogP contribution in [-0.2, 0) is 21.4 Å². The molecule has 3 N–H and O–H groups in total. The number of nitrogens with zero attached hydrogens (tertiary/aromatic N) is 1. The van der Waals surface area contributed by atoms with Crippen LogP contribution in [0.15, 0.2) is 59.5 Å². The van der Waals surface area contributed by atoms with Crippen molar-refractivity contribution < 1.29 is 31.8 Å². The number of carboxylic acid groups (broad SMARTS) is 1. The van der Waals surface area contributed by atoms with Crippen LogP contribution in [0.4, 0.5) is 14.5 Å². The molecule has 11 heteroatoms. The minimum atomic E-state index is -4.01. The maximum atomic E-state index is 13.9. The molecule has 3 aromatic carbocycles. The van der Waals surface area contributed by atoms with Crippen LogP contribution in [0.1, 0.15) is 5.56 Å². The third-order valence-electron chi connectivity index (χ3n) is 4.63. The average Bonchev–Trinajstić information content (AvgIpc) is 2.73. The number of hydrogen-bond donors (Lipinski definition) is 2. The van der Waals surface area contributed by atoms with Crippen molar-refractivity contribution in [2.75, 3.05) is 19.4 Å². The zero-order valence-electron chi connectivity index (χ0n) is 17.3. The summed E-state index contributed by atoms with van der Waals surface area (Å²) in [4.78, 5) is 10.7. The van der Waals surface area contributed by atoms with E-state index in [-0.39, 0.29) is 27.9 Å². The third-order valence-corrected chi connectivity index (χ3v) is 6.72. The van der Waals surface area contributed by atoms with E-state index in [1.165, 1.54) is 25.2 Å². The molecule has 0 bridgehead atoms. The summed E-state index contributed by atoms with van der Waals surface area (Å²) in [5.41, 5.74) is 7.03. The van der Waals surface area contributed by atoms with E-state index in [1.807, 2.05) is 0 Å². The maximum Gasteiger partial charge on any atom is 0.341 e. The molecule has 3 aromatic rings. The van der Waals surface area contributed by atoms with Crippen LogP contribution < -0.4 is 10.5 Å². The molecule has 0 aliphatic heterocycles. The van der Waals surface area contributed by atoms with Gasteiger partial charge in [0.25, 0.3) is 0 Å². The van der Waals surface area contributed by atoms with Crippen molar-refractivity contribution in [2.24, 2.45) is 0 Å². The highest BCUT2D eigenvalue weighted by Gasteiger charge is 2.23. The number of sulfonamides is 1. The van der Waals surface area contributed by atoms with Gasteiger partial charge in [-0.15, -0.1) is 0 Å². The first-order chi connectivity index (χ1) is 15.5. The molecule has 0 aromatic heterocycles. The standard InChI is InChI=1S/C22H19ClF2N2O5S/c1-27(33(30,31)17-3-4-20(25)19(23)10-17)11-13-2-5-21(32-12-22(28)29)18(6-13)14-7-15(24)9-16(26)8-14/h2-10H,11-12,26H2,1H3,(H,28,29). The summed E-state index contributed by atoms with van der Waals surface area (Å²) in [6.07, 6.45) is 0. The van der Waals surface area contributed by atoms with Gasteiger partial charge in [0.1, 0.15) is 17.4 Å². The van der Waals surface area contributed by atoms with E-state index in [1.54, 1.807) is 12.1 Å². The highest BCUT2D eigenvalue weighted by Crippen LogP contribution is 2.33. The number of nitrogens with two attached hydrogens (primary N) is 1. The molecule has 0 aliphatic rings. The molecule has 0 radical (unpaired) electrons. The van der Waals surface area contributed by atoms with E-state index in [0.717, 1.165) is 28.6 Å². The number of halogens is 3. The molecule has 0 spiro atoms. The van der Waals surface area contributed by atoms with Gasteiger partial charge in [-0.25, -0.2) is 22.0 Å². The Morgan fingerprint density at radius 3 is 2.48 bits per heavy atom. The first kappa shape index (κ1) is 24.4. The molecule has 0 saturated heterocycles. The fourth-order valence-electron chi connectivity index (χ4n) is 3.09. The van der Waals surface area contributed by atoms with Gasteiger partial charge in [0, 0.05) is 24.8 Å². The summed E-state index contributed by atoms with van der Waals surface area (Å²) in [6, 6.07) is 11.5. The van der Waals surface area contributed by atoms with Crippen molar-refractivity contribution in [3.8, 4) is 16.9 Å². The predicted octanol–water partition coefficient (Wildman–Crippen LogP) is 4.15. The number of anilines is 1. The molecule has 0 amide bonds. The number of carbonyl (C=O) groups is 1. The van der Waals surface area contributed by atoms with Crippen molar-refractivity contribution in [1.82, 2.24) is 4.31 Å². The molecule has 0 heterocycles. The van der Waals surface area contributed by atoms with E-state index in [4.69, 9.17) is 27.2 Å². The summed E-state index contributed by atoms with van der Waals surface area (Å²) < 4.78 is 59.5. The first-order valence-electron chi connectivity index (χ1n) is 9.42. The lowest BCUT2D eigenvalue weighted by atomic mass is 10.0. The smallest absolute Gasteiger partial charge is 0.341 e. The van der Waals surface area contributed by atoms with Crippen LogP contribution in [0.3, 0.4) is 0 Å². The molecular weight excluding hydrogens is 478 g/mol. The molecule has 0 aliphatic carbocycles. The fourth-order valence-corrected chi connectivity index (χ4v) is 4.52.